The van der Waals surface area contributed by atoms with Crippen molar-refractivity contribution in [1.29, 1.82) is 0 Å². The Kier molecular flexibility index (Phi) is 8.30. The maximum Gasteiger partial charge on any atom is 0.268 e. The third-order valence-electron chi connectivity index (χ3n) is 4.18. The molecule has 2 aromatic rings. The molecule has 0 aliphatic rings. The number of nitrogens with two attached hydrogens (primary N) is 1. The van der Waals surface area contributed by atoms with E-state index in [1.807, 2.05) is 6.07 Å². The van der Waals surface area contributed by atoms with Crippen LogP contribution in [-0.4, -0.2) is 44.6 Å². The van der Waals surface area contributed by atoms with Crippen LogP contribution in [0.3, 0.4) is 0 Å². The Morgan fingerprint density at radius 2 is 1.90 bits per heavy atom. The smallest absolute Gasteiger partial charge is 0.268 e. The Hall–Kier alpha value is -2.53. The number of amides is 1. The van der Waals surface area contributed by atoms with Gasteiger partial charge in [-0.05, 0) is 48.2 Å². The maximum absolute atomic E-state index is 13.2. The highest BCUT2D eigenvalue weighted by molar-refractivity contribution is 7.86. The monoisotopic (exact) mass is 440 g/mol. The third kappa shape index (κ3) is 7.38. The molecule has 0 saturated carbocycles. The fraction of sp³-hybridized carbons (Fsp3) is 0.350. The quantitative estimate of drug-likeness (QED) is 0.256. The Bertz CT molecular complexity index is 952. The molecule has 0 aliphatic heterocycles. The zero-order chi connectivity index (χ0) is 22.2. The number of aryl methyl sites for hydroxylation is 1. The van der Waals surface area contributed by atoms with E-state index < -0.39 is 28.4 Å². The van der Waals surface area contributed by atoms with Crippen LogP contribution >= 0.6 is 0 Å². The molecule has 0 saturated heterocycles. The first-order chi connectivity index (χ1) is 14.1. The molecular formula is C20H25FN2O6S. The minimum atomic E-state index is -4.05. The first-order valence-electron chi connectivity index (χ1n) is 9.16. The van der Waals surface area contributed by atoms with Crippen LogP contribution in [0.5, 0.6) is 5.75 Å². The van der Waals surface area contributed by atoms with Crippen molar-refractivity contribution >= 4 is 16.0 Å². The predicted octanol–water partition coefficient (Wildman–Crippen LogP) is 1.08. The summed E-state index contributed by atoms with van der Waals surface area (Å²) in [5.41, 5.74) is 4.53. The van der Waals surface area contributed by atoms with Crippen molar-refractivity contribution in [2.75, 3.05) is 19.5 Å². The molecule has 1 atom stereocenters. The highest BCUT2D eigenvalue weighted by Crippen LogP contribution is 2.16. The number of benzene rings is 2. The summed E-state index contributed by atoms with van der Waals surface area (Å²) in [6, 6.07) is 13.3. The molecule has 2 rings (SSSR count). The van der Waals surface area contributed by atoms with Crippen LogP contribution in [0.25, 0.3) is 0 Å². The van der Waals surface area contributed by atoms with Gasteiger partial charge >= 0.3 is 0 Å². The van der Waals surface area contributed by atoms with E-state index >= 15 is 0 Å². The molecule has 1 unspecified atom stereocenters. The molecule has 2 aromatic carbocycles. The van der Waals surface area contributed by atoms with Gasteiger partial charge in [-0.3, -0.25) is 10.1 Å². The Morgan fingerprint density at radius 3 is 2.47 bits per heavy atom. The van der Waals surface area contributed by atoms with Gasteiger partial charge in [0.05, 0.1) is 19.5 Å². The average Bonchev–Trinajstić information content (AvgIpc) is 2.68. The van der Waals surface area contributed by atoms with Crippen LogP contribution in [0.4, 0.5) is 4.39 Å². The van der Waals surface area contributed by atoms with Gasteiger partial charge in [0.25, 0.3) is 16.0 Å². The second-order valence-corrected chi connectivity index (χ2v) is 8.29. The molecule has 0 fully saturated rings. The van der Waals surface area contributed by atoms with Crippen LogP contribution in [-0.2, 0) is 32.1 Å². The lowest BCUT2D eigenvalue weighted by molar-refractivity contribution is -0.140. The lowest BCUT2D eigenvalue weighted by Gasteiger charge is -2.28. The minimum Gasteiger partial charge on any atom is -0.494 e. The van der Waals surface area contributed by atoms with E-state index in [1.54, 1.807) is 30.3 Å². The zero-order valence-electron chi connectivity index (χ0n) is 16.5. The number of halogens is 1. The van der Waals surface area contributed by atoms with Gasteiger partial charge in [-0.1, -0.05) is 24.3 Å². The molecule has 0 bridgehead atoms. The van der Waals surface area contributed by atoms with Crippen molar-refractivity contribution in [3.63, 3.8) is 0 Å². The normalized spacial score (nSPS) is 13.6. The predicted molar refractivity (Wildman–Crippen MR) is 108 cm³/mol. The number of carbonyl (C=O) groups is 1. The highest BCUT2D eigenvalue weighted by atomic mass is 32.2. The van der Waals surface area contributed by atoms with Gasteiger partial charge in [-0.2, -0.15) is 8.42 Å². The number of rotatable bonds is 12. The highest BCUT2D eigenvalue weighted by Gasteiger charge is 2.40. The maximum atomic E-state index is 13.2. The molecule has 30 heavy (non-hydrogen) atoms. The van der Waals surface area contributed by atoms with Crippen LogP contribution in [0.2, 0.25) is 0 Å². The topological polar surface area (TPSA) is 128 Å². The van der Waals surface area contributed by atoms with Gasteiger partial charge in [0.1, 0.15) is 11.6 Å². The molecule has 10 heteroatoms. The van der Waals surface area contributed by atoms with E-state index in [-0.39, 0.29) is 12.4 Å². The summed E-state index contributed by atoms with van der Waals surface area (Å²) in [4.78, 5) is 11.6. The van der Waals surface area contributed by atoms with Gasteiger partial charge in [-0.15, -0.1) is 0 Å². The van der Waals surface area contributed by atoms with Crippen molar-refractivity contribution in [2.45, 2.75) is 25.1 Å². The van der Waals surface area contributed by atoms with E-state index in [4.69, 9.17) is 10.5 Å². The van der Waals surface area contributed by atoms with Gasteiger partial charge in [0, 0.05) is 6.54 Å². The van der Waals surface area contributed by atoms with Gasteiger partial charge in [0.2, 0.25) is 5.72 Å². The van der Waals surface area contributed by atoms with E-state index in [1.165, 1.54) is 12.1 Å². The SMILES string of the molecule is CS(=O)(=O)OC(CO)(NCc1ccc(OCCCc2cccc(F)c2)cc1)C(N)=O. The van der Waals surface area contributed by atoms with Crippen LogP contribution in [0.1, 0.15) is 17.5 Å². The molecule has 4 N–H and O–H groups in total. The summed E-state index contributed by atoms with van der Waals surface area (Å²) in [6.45, 7) is -0.494. The average molecular weight is 440 g/mol. The molecule has 0 aliphatic carbocycles. The zero-order valence-corrected chi connectivity index (χ0v) is 17.3. The third-order valence-corrected chi connectivity index (χ3v) is 4.77. The van der Waals surface area contributed by atoms with E-state index in [0.717, 1.165) is 11.8 Å². The van der Waals surface area contributed by atoms with Crippen LogP contribution in [0, 0.1) is 5.82 Å². The summed E-state index contributed by atoms with van der Waals surface area (Å²) in [5, 5.41) is 12.0. The number of aliphatic hydroxyl groups is 1. The summed E-state index contributed by atoms with van der Waals surface area (Å²) < 4.78 is 46.2. The molecule has 0 spiro atoms. The number of aliphatic hydroxyl groups excluding tert-OH is 1. The fourth-order valence-corrected chi connectivity index (χ4v) is 3.39. The van der Waals surface area contributed by atoms with Crippen molar-refractivity contribution in [1.82, 2.24) is 5.32 Å². The van der Waals surface area contributed by atoms with Crippen molar-refractivity contribution in [3.05, 3.63) is 65.5 Å². The van der Waals surface area contributed by atoms with Crippen LogP contribution in [0.15, 0.2) is 48.5 Å². The number of hydrogen-bond donors (Lipinski definition) is 3. The lowest BCUT2D eigenvalue weighted by atomic mass is 10.1. The second-order valence-electron chi connectivity index (χ2n) is 6.72. The second kappa shape index (κ2) is 10.5. The Balaban J connectivity index is 1.86. The van der Waals surface area contributed by atoms with Gasteiger partial charge < -0.3 is 15.6 Å². The number of carbonyl (C=O) groups excluding carboxylic acids is 1. The molecule has 1 amide bonds. The first-order valence-corrected chi connectivity index (χ1v) is 11.0. The molecule has 0 radical (unpaired) electrons. The van der Waals surface area contributed by atoms with E-state index in [9.17, 15) is 22.7 Å². The Morgan fingerprint density at radius 1 is 1.20 bits per heavy atom. The fourth-order valence-electron chi connectivity index (χ4n) is 2.68. The summed E-state index contributed by atoms with van der Waals surface area (Å²) in [6.07, 6.45) is 2.16. The Labute approximate surface area is 174 Å². The summed E-state index contributed by atoms with van der Waals surface area (Å²) in [7, 11) is -4.05. The summed E-state index contributed by atoms with van der Waals surface area (Å²) >= 11 is 0. The number of primary amides is 1. The number of hydrogen-bond acceptors (Lipinski definition) is 7. The minimum absolute atomic E-state index is 0.0128. The number of nitrogens with one attached hydrogen (secondary N) is 1. The number of ether oxygens (including phenoxy) is 1. The molecule has 164 valence electrons. The first kappa shape index (κ1) is 23.7. The van der Waals surface area contributed by atoms with Crippen molar-refractivity contribution in [3.8, 4) is 5.75 Å². The van der Waals surface area contributed by atoms with E-state index in [0.29, 0.717) is 30.8 Å². The standard InChI is InChI=1S/C20H25FN2O6S/c1-30(26,27)29-20(14-24,19(22)25)23-13-16-7-9-18(10-8-16)28-11-3-5-15-4-2-6-17(21)12-15/h2,4,6-10,12,23-24H,3,5,11,13-14H2,1H3,(H2,22,25). The van der Waals surface area contributed by atoms with Crippen molar-refractivity contribution in [2.24, 2.45) is 5.73 Å². The molecular weight excluding hydrogens is 415 g/mol. The van der Waals surface area contributed by atoms with Gasteiger partial charge in [-0.25, -0.2) is 8.57 Å². The largest absolute Gasteiger partial charge is 0.494 e. The van der Waals surface area contributed by atoms with Crippen molar-refractivity contribution < 1.29 is 31.6 Å². The molecule has 0 aromatic heterocycles. The van der Waals surface area contributed by atoms with Gasteiger partial charge in [0.15, 0.2) is 0 Å². The molecule has 0 heterocycles. The summed E-state index contributed by atoms with van der Waals surface area (Å²) in [5.74, 6) is -0.802. The van der Waals surface area contributed by atoms with E-state index in [2.05, 4.69) is 9.50 Å². The lowest BCUT2D eigenvalue weighted by Crippen LogP contribution is -2.60. The van der Waals surface area contributed by atoms with Crippen LogP contribution < -0.4 is 15.8 Å². The molecule has 8 nitrogen and oxygen atoms in total.